The average molecular weight is 441 g/mol. The highest BCUT2D eigenvalue weighted by atomic mass is 16.7. The lowest BCUT2D eigenvalue weighted by molar-refractivity contribution is -0.189. The van der Waals surface area contributed by atoms with E-state index in [1.54, 1.807) is 19.2 Å². The molecule has 172 valence electrons. The van der Waals surface area contributed by atoms with Crippen LogP contribution in [0.15, 0.2) is 54.6 Å². The molecule has 1 heterocycles. The van der Waals surface area contributed by atoms with E-state index in [0.717, 1.165) is 31.2 Å². The summed E-state index contributed by atoms with van der Waals surface area (Å²) in [7, 11) is 1.59. The lowest BCUT2D eigenvalue weighted by Crippen LogP contribution is -2.39. The van der Waals surface area contributed by atoms with Crippen LogP contribution in [0.4, 0.5) is 0 Å². The second kappa shape index (κ2) is 10.6. The van der Waals surface area contributed by atoms with E-state index in [4.69, 9.17) is 18.9 Å². The van der Waals surface area contributed by atoms with E-state index in [0.29, 0.717) is 17.9 Å². The van der Waals surface area contributed by atoms with Crippen molar-refractivity contribution in [1.82, 2.24) is 0 Å². The summed E-state index contributed by atoms with van der Waals surface area (Å²) >= 11 is 0. The lowest BCUT2D eigenvalue weighted by Gasteiger charge is -2.32. The molecule has 1 aliphatic heterocycles. The number of benzene rings is 2. The molecule has 3 atom stereocenters. The maximum atomic E-state index is 13.5. The summed E-state index contributed by atoms with van der Waals surface area (Å²) in [4.78, 5) is 13.5. The van der Waals surface area contributed by atoms with Crippen molar-refractivity contribution in [2.45, 2.75) is 62.6 Å². The molecule has 1 saturated carbocycles. The third-order valence-corrected chi connectivity index (χ3v) is 6.35. The highest BCUT2D eigenvalue weighted by Gasteiger charge is 2.47. The molecule has 1 aliphatic carbocycles. The second-order valence-electron chi connectivity index (χ2n) is 8.61. The van der Waals surface area contributed by atoms with Crippen molar-refractivity contribution >= 4 is 5.78 Å². The fraction of sp³-hybridized carbons (Fsp3) is 0.500. The van der Waals surface area contributed by atoms with Crippen LogP contribution in [0.3, 0.4) is 0 Å². The van der Waals surface area contributed by atoms with Crippen molar-refractivity contribution in [3.63, 3.8) is 0 Å². The van der Waals surface area contributed by atoms with Crippen molar-refractivity contribution in [2.75, 3.05) is 20.3 Å². The summed E-state index contributed by atoms with van der Waals surface area (Å²) in [5.41, 5.74) is 1.72. The molecule has 1 N–H and O–H groups in total. The Hall–Kier alpha value is -2.25. The molecule has 6 nitrogen and oxygen atoms in total. The van der Waals surface area contributed by atoms with Gasteiger partial charge in [0.1, 0.15) is 11.9 Å². The Balaban J connectivity index is 1.47. The number of ketones is 1. The molecule has 0 unspecified atom stereocenters. The smallest absolute Gasteiger partial charge is 0.174 e. The predicted octanol–water partition coefficient (Wildman–Crippen LogP) is 4.00. The fourth-order valence-corrected chi connectivity index (χ4v) is 4.60. The number of ether oxygens (including phenoxy) is 4. The highest BCUT2D eigenvalue weighted by molar-refractivity contribution is 5.90. The molecule has 0 amide bonds. The Morgan fingerprint density at radius 1 is 1.09 bits per heavy atom. The van der Waals surface area contributed by atoms with Crippen LogP contribution in [0.2, 0.25) is 0 Å². The van der Waals surface area contributed by atoms with Crippen LogP contribution in [0.25, 0.3) is 0 Å². The van der Waals surface area contributed by atoms with E-state index in [1.807, 2.05) is 42.5 Å². The minimum absolute atomic E-state index is 0.0377. The number of rotatable bonds is 9. The van der Waals surface area contributed by atoms with Gasteiger partial charge in [-0.1, -0.05) is 48.9 Å². The molecule has 4 rings (SSSR count). The van der Waals surface area contributed by atoms with E-state index in [1.165, 1.54) is 6.42 Å². The summed E-state index contributed by atoms with van der Waals surface area (Å²) < 4.78 is 23.1. The van der Waals surface area contributed by atoms with E-state index in [-0.39, 0.29) is 19.0 Å². The van der Waals surface area contributed by atoms with Gasteiger partial charge < -0.3 is 24.1 Å². The maximum absolute atomic E-state index is 13.5. The monoisotopic (exact) mass is 440 g/mol. The summed E-state index contributed by atoms with van der Waals surface area (Å²) in [6.07, 6.45) is 3.17. The average Bonchev–Trinajstić information content (AvgIpc) is 3.24. The zero-order valence-corrected chi connectivity index (χ0v) is 18.6. The molecule has 0 radical (unpaired) electrons. The standard InChI is InChI=1S/C26H32O6/c1-29-21-12-10-20(11-13-21)24(22(27)17-30-16-19-8-4-2-5-9-19)25(28)23-18-31-26(32-23)14-6-3-7-15-26/h2,4-5,8-13,22-24,27H,3,6-7,14-18H2,1H3/t22-,23-,24+/m0/s1. The van der Waals surface area contributed by atoms with Crippen LogP contribution >= 0.6 is 0 Å². The molecule has 1 spiro atoms. The van der Waals surface area contributed by atoms with E-state index in [2.05, 4.69) is 0 Å². The molecular formula is C26H32O6. The Kier molecular flexibility index (Phi) is 7.58. The maximum Gasteiger partial charge on any atom is 0.174 e. The topological polar surface area (TPSA) is 74.2 Å². The van der Waals surface area contributed by atoms with Crippen LogP contribution in [0.5, 0.6) is 5.75 Å². The number of hydrogen-bond donors (Lipinski definition) is 1. The minimum Gasteiger partial charge on any atom is -0.497 e. The number of methoxy groups -OCH3 is 1. The van der Waals surface area contributed by atoms with Gasteiger partial charge in [-0.25, -0.2) is 0 Å². The van der Waals surface area contributed by atoms with Crippen molar-refractivity contribution in [2.24, 2.45) is 0 Å². The summed E-state index contributed by atoms with van der Waals surface area (Å²) in [6.45, 7) is 0.632. The SMILES string of the molecule is COc1ccc([C@@H](C(=O)[C@@H]2COC3(CCCCC3)O2)[C@@H](O)COCc2ccccc2)cc1. The van der Waals surface area contributed by atoms with Gasteiger partial charge in [0.2, 0.25) is 0 Å². The van der Waals surface area contributed by atoms with Crippen molar-refractivity contribution < 1.29 is 28.8 Å². The van der Waals surface area contributed by atoms with Gasteiger partial charge in [0, 0.05) is 12.8 Å². The quantitative estimate of drug-likeness (QED) is 0.635. The van der Waals surface area contributed by atoms with Gasteiger partial charge in [-0.05, 0) is 36.1 Å². The molecule has 0 bridgehead atoms. The number of hydrogen-bond acceptors (Lipinski definition) is 6. The van der Waals surface area contributed by atoms with Crippen molar-refractivity contribution in [3.8, 4) is 5.75 Å². The number of carbonyl (C=O) groups is 1. The molecule has 2 aromatic carbocycles. The molecule has 2 fully saturated rings. The Morgan fingerprint density at radius 2 is 1.81 bits per heavy atom. The van der Waals surface area contributed by atoms with Gasteiger partial charge in [0.15, 0.2) is 11.6 Å². The largest absolute Gasteiger partial charge is 0.497 e. The minimum atomic E-state index is -1.01. The van der Waals surface area contributed by atoms with Gasteiger partial charge in [-0.2, -0.15) is 0 Å². The van der Waals surface area contributed by atoms with E-state index in [9.17, 15) is 9.90 Å². The van der Waals surface area contributed by atoms with Crippen LogP contribution in [0, 0.1) is 0 Å². The van der Waals surface area contributed by atoms with E-state index < -0.39 is 23.9 Å². The Labute approximate surface area is 189 Å². The molecule has 0 aromatic heterocycles. The van der Waals surface area contributed by atoms with Gasteiger partial charge in [-0.15, -0.1) is 0 Å². The zero-order valence-electron chi connectivity index (χ0n) is 18.6. The first-order valence-electron chi connectivity index (χ1n) is 11.4. The summed E-state index contributed by atoms with van der Waals surface area (Å²) in [5.74, 6) is -0.897. The Morgan fingerprint density at radius 3 is 2.50 bits per heavy atom. The summed E-state index contributed by atoms with van der Waals surface area (Å²) in [5, 5.41) is 11.0. The van der Waals surface area contributed by atoms with E-state index >= 15 is 0 Å². The molecule has 6 heteroatoms. The Bertz CT molecular complexity index is 860. The fourth-order valence-electron chi connectivity index (χ4n) is 4.60. The highest BCUT2D eigenvalue weighted by Crippen LogP contribution is 2.39. The number of Topliss-reactive ketones (excluding diaryl/α,β-unsaturated/α-hetero) is 1. The van der Waals surface area contributed by atoms with Crippen LogP contribution < -0.4 is 4.74 Å². The van der Waals surface area contributed by atoms with Gasteiger partial charge in [0.25, 0.3) is 0 Å². The van der Waals surface area contributed by atoms with Crippen molar-refractivity contribution in [3.05, 3.63) is 65.7 Å². The third kappa shape index (κ3) is 5.38. The molecule has 2 aliphatic rings. The lowest BCUT2D eigenvalue weighted by atomic mass is 9.87. The first-order valence-corrected chi connectivity index (χ1v) is 11.4. The first kappa shape index (κ1) is 22.9. The van der Waals surface area contributed by atoms with Gasteiger partial charge in [-0.3, -0.25) is 4.79 Å². The van der Waals surface area contributed by atoms with Gasteiger partial charge in [0.05, 0.1) is 39.0 Å². The molecule has 2 aromatic rings. The molecule has 32 heavy (non-hydrogen) atoms. The number of aliphatic hydroxyl groups is 1. The van der Waals surface area contributed by atoms with Crippen LogP contribution in [-0.4, -0.2) is 49.2 Å². The zero-order chi connectivity index (χ0) is 22.4. The van der Waals surface area contributed by atoms with Gasteiger partial charge >= 0.3 is 0 Å². The predicted molar refractivity (Wildman–Crippen MR) is 119 cm³/mol. The number of aliphatic hydroxyl groups excluding tert-OH is 1. The second-order valence-corrected chi connectivity index (χ2v) is 8.61. The van der Waals surface area contributed by atoms with Crippen LogP contribution in [0.1, 0.15) is 49.1 Å². The normalized spacial score (nSPS) is 21.9. The first-order chi connectivity index (χ1) is 15.6. The van der Waals surface area contributed by atoms with Crippen molar-refractivity contribution in [1.29, 1.82) is 0 Å². The number of carbonyl (C=O) groups excluding carboxylic acids is 1. The molecule has 1 saturated heterocycles. The summed E-state index contributed by atoms with van der Waals surface area (Å²) in [6, 6.07) is 17.0. The van der Waals surface area contributed by atoms with Crippen LogP contribution in [-0.2, 0) is 25.6 Å². The molecular weight excluding hydrogens is 408 g/mol. The third-order valence-electron chi connectivity index (χ3n) is 6.35.